The Kier molecular flexibility index (Phi) is 4.93. The third kappa shape index (κ3) is 3.76. The van der Waals surface area contributed by atoms with Gasteiger partial charge in [0.05, 0.1) is 12.7 Å². The average Bonchev–Trinajstić information content (AvgIpc) is 2.93. The van der Waals surface area contributed by atoms with Crippen molar-refractivity contribution in [3.63, 3.8) is 0 Å². The second kappa shape index (κ2) is 7.30. The summed E-state index contributed by atoms with van der Waals surface area (Å²) < 4.78 is 15.9. The van der Waals surface area contributed by atoms with Crippen molar-refractivity contribution in [3.05, 3.63) is 59.3 Å². The molecule has 0 bridgehead atoms. The molecule has 1 aromatic heterocycles. The van der Waals surface area contributed by atoms with Crippen LogP contribution in [-0.4, -0.2) is 31.3 Å². The van der Waals surface area contributed by atoms with Crippen LogP contribution >= 0.6 is 0 Å². The van der Waals surface area contributed by atoms with Crippen LogP contribution in [0.3, 0.4) is 0 Å². The molecule has 0 fully saturated rings. The lowest BCUT2D eigenvalue weighted by Crippen LogP contribution is -2.12. The van der Waals surface area contributed by atoms with Crippen LogP contribution in [0.1, 0.15) is 21.6 Å². The molecule has 0 aliphatic heterocycles. The van der Waals surface area contributed by atoms with Crippen molar-refractivity contribution in [2.24, 2.45) is 0 Å². The van der Waals surface area contributed by atoms with E-state index in [9.17, 15) is 4.79 Å². The Labute approximate surface area is 146 Å². The van der Waals surface area contributed by atoms with Gasteiger partial charge in [0.1, 0.15) is 24.7 Å². The zero-order valence-electron chi connectivity index (χ0n) is 14.6. The van der Waals surface area contributed by atoms with Gasteiger partial charge in [0.2, 0.25) is 0 Å². The van der Waals surface area contributed by atoms with Gasteiger partial charge in [-0.1, -0.05) is 0 Å². The molecule has 0 spiro atoms. The highest BCUT2D eigenvalue weighted by Crippen LogP contribution is 2.22. The second-order valence-electron chi connectivity index (χ2n) is 5.80. The molecule has 130 valence electrons. The van der Waals surface area contributed by atoms with E-state index >= 15 is 0 Å². The van der Waals surface area contributed by atoms with Crippen molar-refractivity contribution in [1.29, 1.82) is 0 Å². The normalized spacial score (nSPS) is 10.7. The third-order valence-corrected chi connectivity index (χ3v) is 4.19. The summed E-state index contributed by atoms with van der Waals surface area (Å²) in [5.74, 6) is 1.12. The van der Waals surface area contributed by atoms with Crippen molar-refractivity contribution >= 4 is 16.9 Å². The lowest BCUT2D eigenvalue weighted by Gasteiger charge is -2.08. The Hall–Kier alpha value is -2.95. The van der Waals surface area contributed by atoms with Crippen LogP contribution in [0.5, 0.6) is 11.5 Å². The molecule has 5 nitrogen and oxygen atoms in total. The van der Waals surface area contributed by atoms with E-state index in [1.165, 1.54) is 0 Å². The van der Waals surface area contributed by atoms with E-state index in [-0.39, 0.29) is 12.6 Å². The number of benzene rings is 2. The minimum atomic E-state index is -0.349. The first-order chi connectivity index (χ1) is 12.1. The molecule has 0 atom stereocenters. The first-order valence-corrected chi connectivity index (χ1v) is 8.11. The average molecular weight is 339 g/mol. The van der Waals surface area contributed by atoms with Crippen LogP contribution in [0, 0.1) is 13.8 Å². The van der Waals surface area contributed by atoms with Gasteiger partial charge in [-0.15, -0.1) is 0 Å². The van der Waals surface area contributed by atoms with Gasteiger partial charge in [-0.3, -0.25) is 0 Å². The second-order valence-corrected chi connectivity index (χ2v) is 5.80. The van der Waals surface area contributed by atoms with Gasteiger partial charge in [-0.25, -0.2) is 4.79 Å². The summed E-state index contributed by atoms with van der Waals surface area (Å²) in [5, 5.41) is 1.04. The summed E-state index contributed by atoms with van der Waals surface area (Å²) >= 11 is 0. The van der Waals surface area contributed by atoms with E-state index in [4.69, 9.17) is 14.2 Å². The lowest BCUT2D eigenvalue weighted by molar-refractivity contribution is 0.0450. The van der Waals surface area contributed by atoms with Crippen molar-refractivity contribution in [2.45, 2.75) is 13.8 Å². The molecule has 0 saturated carbocycles. The summed E-state index contributed by atoms with van der Waals surface area (Å²) in [6.45, 7) is 4.53. The lowest BCUT2D eigenvalue weighted by atomic mass is 10.1. The Balaban J connectivity index is 1.54. The molecule has 1 heterocycles. The molecule has 0 aliphatic carbocycles. The predicted octanol–water partition coefficient (Wildman–Crippen LogP) is 4.03. The molecule has 0 radical (unpaired) electrons. The molecular weight excluding hydrogens is 318 g/mol. The predicted molar refractivity (Wildman–Crippen MR) is 96.5 cm³/mol. The van der Waals surface area contributed by atoms with E-state index in [2.05, 4.69) is 4.98 Å². The van der Waals surface area contributed by atoms with Gasteiger partial charge in [0.25, 0.3) is 0 Å². The SMILES string of the molecule is COc1ccc(OCCOC(=O)c2ccc3[nH]c(C)c(C)c3c2)cc1. The van der Waals surface area contributed by atoms with Gasteiger partial charge >= 0.3 is 5.97 Å². The van der Waals surface area contributed by atoms with Crippen molar-refractivity contribution in [3.8, 4) is 11.5 Å². The number of H-pyrrole nitrogens is 1. The largest absolute Gasteiger partial charge is 0.497 e. The molecule has 25 heavy (non-hydrogen) atoms. The number of carbonyl (C=O) groups excluding carboxylic acids is 1. The Morgan fingerprint density at radius 3 is 2.44 bits per heavy atom. The highest BCUT2D eigenvalue weighted by atomic mass is 16.6. The maximum atomic E-state index is 12.2. The quantitative estimate of drug-likeness (QED) is 0.544. The van der Waals surface area contributed by atoms with E-state index in [1.54, 1.807) is 13.2 Å². The van der Waals surface area contributed by atoms with Crippen LogP contribution in [-0.2, 0) is 4.74 Å². The zero-order valence-corrected chi connectivity index (χ0v) is 14.6. The molecule has 0 saturated heterocycles. The van der Waals surface area contributed by atoms with Crippen LogP contribution in [0.2, 0.25) is 0 Å². The fourth-order valence-electron chi connectivity index (χ4n) is 2.64. The zero-order chi connectivity index (χ0) is 17.8. The number of methoxy groups -OCH3 is 1. The number of rotatable bonds is 6. The first kappa shape index (κ1) is 16.9. The van der Waals surface area contributed by atoms with E-state index in [0.717, 1.165) is 27.9 Å². The molecule has 0 amide bonds. The number of nitrogens with one attached hydrogen (secondary N) is 1. The molecular formula is C20H21NO4. The smallest absolute Gasteiger partial charge is 0.338 e. The Morgan fingerprint density at radius 2 is 1.72 bits per heavy atom. The third-order valence-electron chi connectivity index (χ3n) is 4.19. The van der Waals surface area contributed by atoms with E-state index < -0.39 is 0 Å². The number of aromatic nitrogens is 1. The minimum absolute atomic E-state index is 0.189. The molecule has 3 aromatic rings. The monoisotopic (exact) mass is 339 g/mol. The summed E-state index contributed by atoms with van der Waals surface area (Å²) in [6, 6.07) is 12.8. The fourth-order valence-corrected chi connectivity index (χ4v) is 2.64. The van der Waals surface area contributed by atoms with Crippen LogP contribution in [0.15, 0.2) is 42.5 Å². The molecule has 5 heteroatoms. The topological polar surface area (TPSA) is 60.6 Å². The van der Waals surface area contributed by atoms with Gasteiger partial charge < -0.3 is 19.2 Å². The molecule has 0 unspecified atom stereocenters. The summed E-state index contributed by atoms with van der Waals surface area (Å²) in [5.41, 5.74) is 3.81. The van der Waals surface area contributed by atoms with Crippen molar-refractivity contribution < 1.29 is 19.0 Å². The fraction of sp³-hybridized carbons (Fsp3) is 0.250. The standard InChI is InChI=1S/C20H21NO4/c1-13-14(2)21-19-9-4-15(12-18(13)19)20(22)25-11-10-24-17-7-5-16(23-3)6-8-17/h4-9,12,21H,10-11H2,1-3H3. The number of fused-ring (bicyclic) bond motifs is 1. The van der Waals surface area contributed by atoms with Gasteiger partial charge in [-0.2, -0.15) is 0 Å². The van der Waals surface area contributed by atoms with Crippen molar-refractivity contribution in [1.82, 2.24) is 4.98 Å². The number of hydrogen-bond donors (Lipinski definition) is 1. The van der Waals surface area contributed by atoms with Gasteiger partial charge in [-0.05, 0) is 61.9 Å². The van der Waals surface area contributed by atoms with Gasteiger partial charge in [0, 0.05) is 16.6 Å². The maximum absolute atomic E-state index is 12.2. The van der Waals surface area contributed by atoms with Gasteiger partial charge in [0.15, 0.2) is 0 Å². The molecule has 2 aromatic carbocycles. The Bertz CT molecular complexity index is 881. The molecule has 0 aliphatic rings. The minimum Gasteiger partial charge on any atom is -0.497 e. The number of ether oxygens (including phenoxy) is 3. The number of hydrogen-bond acceptors (Lipinski definition) is 4. The van der Waals surface area contributed by atoms with Crippen molar-refractivity contribution in [2.75, 3.05) is 20.3 Å². The molecule has 3 rings (SSSR count). The van der Waals surface area contributed by atoms with Crippen LogP contribution in [0.4, 0.5) is 0 Å². The molecule has 1 N–H and O–H groups in total. The maximum Gasteiger partial charge on any atom is 0.338 e. The first-order valence-electron chi connectivity index (χ1n) is 8.11. The Morgan fingerprint density at radius 1 is 1.00 bits per heavy atom. The number of esters is 1. The van der Waals surface area contributed by atoms with E-state index in [1.807, 2.05) is 50.2 Å². The van der Waals surface area contributed by atoms with Crippen LogP contribution < -0.4 is 9.47 Å². The van der Waals surface area contributed by atoms with Crippen LogP contribution in [0.25, 0.3) is 10.9 Å². The number of aryl methyl sites for hydroxylation is 2. The highest BCUT2D eigenvalue weighted by molar-refractivity contribution is 5.96. The summed E-state index contributed by atoms with van der Waals surface area (Å²) in [7, 11) is 1.61. The highest BCUT2D eigenvalue weighted by Gasteiger charge is 2.11. The van der Waals surface area contributed by atoms with E-state index in [0.29, 0.717) is 17.9 Å². The summed E-state index contributed by atoms with van der Waals surface area (Å²) in [4.78, 5) is 15.5. The summed E-state index contributed by atoms with van der Waals surface area (Å²) in [6.07, 6.45) is 0. The number of carbonyl (C=O) groups is 1. The number of aromatic amines is 1.